The van der Waals surface area contributed by atoms with Crippen LogP contribution in [0.1, 0.15) is 23.7 Å². The van der Waals surface area contributed by atoms with Crippen molar-refractivity contribution in [1.82, 2.24) is 15.1 Å². The average Bonchev–Trinajstić information content (AvgIpc) is 2.96. The van der Waals surface area contributed by atoms with Crippen LogP contribution in [0.15, 0.2) is 28.7 Å². The summed E-state index contributed by atoms with van der Waals surface area (Å²) < 4.78 is 5.23. The van der Waals surface area contributed by atoms with Crippen LogP contribution in [-0.2, 0) is 0 Å². The SMILES string of the molecule is C[C@@H]1CCN(C(=O)c2ccc(-c3n[nH]c(=S)o3)cc2)C[C@@H]1O. The number of hydrogen-bond acceptors (Lipinski definition) is 5. The number of aromatic amines is 1. The maximum absolute atomic E-state index is 12.5. The average molecular weight is 319 g/mol. The summed E-state index contributed by atoms with van der Waals surface area (Å²) in [7, 11) is 0. The van der Waals surface area contributed by atoms with Gasteiger partial charge in [0.2, 0.25) is 5.89 Å². The number of aromatic nitrogens is 2. The van der Waals surface area contributed by atoms with Crippen LogP contribution in [0.2, 0.25) is 0 Å². The van der Waals surface area contributed by atoms with Gasteiger partial charge in [-0.05, 0) is 48.8 Å². The van der Waals surface area contributed by atoms with Crippen LogP contribution in [0, 0.1) is 10.8 Å². The molecular formula is C15H17N3O3S. The number of hydrogen-bond donors (Lipinski definition) is 2. The highest BCUT2D eigenvalue weighted by Gasteiger charge is 2.27. The van der Waals surface area contributed by atoms with Gasteiger partial charge in [-0.25, -0.2) is 5.10 Å². The van der Waals surface area contributed by atoms with Crippen molar-refractivity contribution < 1.29 is 14.3 Å². The maximum Gasteiger partial charge on any atom is 0.284 e. The molecule has 2 heterocycles. The second kappa shape index (κ2) is 6.02. The molecule has 1 fully saturated rings. The van der Waals surface area contributed by atoms with Crippen LogP contribution in [0.5, 0.6) is 0 Å². The number of aliphatic hydroxyl groups is 1. The van der Waals surface area contributed by atoms with Gasteiger partial charge in [0.15, 0.2) is 0 Å². The molecule has 1 saturated heterocycles. The molecule has 0 aliphatic carbocycles. The number of aliphatic hydroxyl groups excluding tert-OH is 1. The topological polar surface area (TPSA) is 82.4 Å². The second-order valence-electron chi connectivity index (χ2n) is 5.58. The van der Waals surface area contributed by atoms with E-state index in [1.165, 1.54) is 0 Å². The summed E-state index contributed by atoms with van der Waals surface area (Å²) in [4.78, 5) is 14.4. The molecule has 6 nitrogen and oxygen atoms in total. The molecule has 2 N–H and O–H groups in total. The van der Waals surface area contributed by atoms with Crippen LogP contribution in [0.3, 0.4) is 0 Å². The van der Waals surface area contributed by atoms with E-state index in [4.69, 9.17) is 16.6 Å². The summed E-state index contributed by atoms with van der Waals surface area (Å²) in [6.07, 6.45) is 0.365. The van der Waals surface area contributed by atoms with Gasteiger partial charge in [0, 0.05) is 24.2 Å². The summed E-state index contributed by atoms with van der Waals surface area (Å²) in [5, 5.41) is 16.4. The zero-order valence-corrected chi connectivity index (χ0v) is 13.0. The Hall–Kier alpha value is -1.99. The fourth-order valence-corrected chi connectivity index (χ4v) is 2.65. The van der Waals surface area contributed by atoms with E-state index in [0.29, 0.717) is 24.5 Å². The summed E-state index contributed by atoms with van der Waals surface area (Å²) in [6.45, 7) is 3.06. The minimum atomic E-state index is -0.453. The Balaban J connectivity index is 1.75. The fraction of sp³-hybridized carbons (Fsp3) is 0.400. The van der Waals surface area contributed by atoms with E-state index in [1.54, 1.807) is 29.2 Å². The zero-order valence-electron chi connectivity index (χ0n) is 12.2. The number of likely N-dealkylation sites (tertiary alicyclic amines) is 1. The first kappa shape index (κ1) is 14.9. The number of nitrogens with zero attached hydrogens (tertiary/aromatic N) is 2. The number of carbonyl (C=O) groups is 1. The van der Waals surface area contributed by atoms with E-state index >= 15 is 0 Å². The molecule has 0 bridgehead atoms. The first-order valence-electron chi connectivity index (χ1n) is 7.18. The van der Waals surface area contributed by atoms with Gasteiger partial charge in [0.25, 0.3) is 10.7 Å². The Morgan fingerprint density at radius 2 is 2.18 bits per heavy atom. The first-order valence-corrected chi connectivity index (χ1v) is 7.58. The molecule has 2 atom stereocenters. The largest absolute Gasteiger partial charge is 0.409 e. The lowest BCUT2D eigenvalue weighted by Gasteiger charge is -2.34. The standard InChI is InChI=1S/C15H17N3O3S/c1-9-6-7-18(8-12(9)19)14(20)11-4-2-10(3-5-11)13-16-17-15(22)21-13/h2-5,9,12,19H,6-8H2,1H3,(H,17,22)/t9-,12+/m1/s1. The summed E-state index contributed by atoms with van der Waals surface area (Å²) in [6, 6.07) is 7.00. The van der Waals surface area contributed by atoms with Gasteiger partial charge < -0.3 is 14.4 Å². The maximum atomic E-state index is 12.5. The van der Waals surface area contributed by atoms with Crippen molar-refractivity contribution in [3.8, 4) is 11.5 Å². The summed E-state index contributed by atoms with van der Waals surface area (Å²) in [5.74, 6) is 0.562. The van der Waals surface area contributed by atoms with Crippen molar-refractivity contribution in [2.75, 3.05) is 13.1 Å². The van der Waals surface area contributed by atoms with E-state index in [2.05, 4.69) is 10.2 Å². The van der Waals surface area contributed by atoms with Crippen LogP contribution in [0.4, 0.5) is 0 Å². The second-order valence-corrected chi connectivity index (χ2v) is 5.95. The van der Waals surface area contributed by atoms with Gasteiger partial charge in [-0.3, -0.25) is 4.79 Å². The predicted octanol–water partition coefficient (Wildman–Crippen LogP) is 2.24. The Morgan fingerprint density at radius 3 is 2.77 bits per heavy atom. The molecule has 3 rings (SSSR count). The summed E-state index contributed by atoms with van der Waals surface area (Å²) >= 11 is 4.84. The molecule has 116 valence electrons. The van der Waals surface area contributed by atoms with Crippen molar-refractivity contribution in [3.05, 3.63) is 34.7 Å². The molecule has 1 aliphatic heterocycles. The van der Waals surface area contributed by atoms with E-state index in [-0.39, 0.29) is 16.7 Å². The number of β-amino-alcohol motifs (C(OH)–C–C–N with tert-alkyl or cyclic N) is 1. The van der Waals surface area contributed by atoms with E-state index in [9.17, 15) is 9.90 Å². The van der Waals surface area contributed by atoms with Crippen molar-refractivity contribution in [2.45, 2.75) is 19.4 Å². The highest BCUT2D eigenvalue weighted by atomic mass is 32.1. The number of nitrogens with one attached hydrogen (secondary N) is 1. The first-order chi connectivity index (χ1) is 10.5. The van der Waals surface area contributed by atoms with Gasteiger partial charge in [0.05, 0.1) is 6.10 Å². The zero-order chi connectivity index (χ0) is 15.7. The van der Waals surface area contributed by atoms with Crippen molar-refractivity contribution in [3.63, 3.8) is 0 Å². The molecule has 1 aliphatic rings. The minimum Gasteiger partial charge on any atom is -0.409 e. The normalized spacial score (nSPS) is 21.8. The van der Waals surface area contributed by atoms with Crippen LogP contribution >= 0.6 is 12.2 Å². The van der Waals surface area contributed by atoms with Gasteiger partial charge >= 0.3 is 0 Å². The van der Waals surface area contributed by atoms with Crippen LogP contribution in [-0.4, -0.2) is 45.3 Å². The third-order valence-corrected chi connectivity index (χ3v) is 4.20. The van der Waals surface area contributed by atoms with E-state index in [0.717, 1.165) is 12.0 Å². The fourth-order valence-electron chi connectivity index (χ4n) is 2.52. The molecule has 2 aromatic rings. The molecule has 22 heavy (non-hydrogen) atoms. The molecule has 1 amide bonds. The molecular weight excluding hydrogens is 302 g/mol. The lowest BCUT2D eigenvalue weighted by Crippen LogP contribution is -2.45. The highest BCUT2D eigenvalue weighted by molar-refractivity contribution is 7.71. The number of H-pyrrole nitrogens is 1. The minimum absolute atomic E-state index is 0.0691. The smallest absolute Gasteiger partial charge is 0.284 e. The molecule has 0 radical (unpaired) electrons. The van der Waals surface area contributed by atoms with Gasteiger partial charge in [-0.2, -0.15) is 0 Å². The molecule has 1 aromatic heterocycles. The van der Waals surface area contributed by atoms with Crippen molar-refractivity contribution in [2.24, 2.45) is 5.92 Å². The lowest BCUT2D eigenvalue weighted by atomic mass is 9.95. The number of amides is 1. The van der Waals surface area contributed by atoms with Gasteiger partial charge in [-0.15, -0.1) is 5.10 Å². The Bertz CT molecular complexity index is 722. The monoisotopic (exact) mass is 319 g/mol. The van der Waals surface area contributed by atoms with Crippen molar-refractivity contribution in [1.29, 1.82) is 0 Å². The van der Waals surface area contributed by atoms with E-state index < -0.39 is 6.10 Å². The Kier molecular flexibility index (Phi) is 4.08. The van der Waals surface area contributed by atoms with Crippen LogP contribution in [0.25, 0.3) is 11.5 Å². The quantitative estimate of drug-likeness (QED) is 0.830. The van der Waals surface area contributed by atoms with Gasteiger partial charge in [-0.1, -0.05) is 6.92 Å². The lowest BCUT2D eigenvalue weighted by molar-refractivity contribution is 0.0248. The third-order valence-electron chi connectivity index (χ3n) is 4.02. The Morgan fingerprint density at radius 1 is 1.45 bits per heavy atom. The predicted molar refractivity (Wildman–Crippen MR) is 82.8 cm³/mol. The highest BCUT2D eigenvalue weighted by Crippen LogP contribution is 2.21. The Labute approximate surface area is 132 Å². The third kappa shape index (κ3) is 2.95. The summed E-state index contributed by atoms with van der Waals surface area (Å²) in [5.41, 5.74) is 1.33. The van der Waals surface area contributed by atoms with Crippen molar-refractivity contribution >= 4 is 18.1 Å². The number of piperidine rings is 1. The molecule has 1 aromatic carbocycles. The van der Waals surface area contributed by atoms with Crippen LogP contribution < -0.4 is 0 Å². The molecule has 0 saturated carbocycles. The molecule has 0 spiro atoms. The molecule has 0 unspecified atom stereocenters. The molecule has 7 heteroatoms. The van der Waals surface area contributed by atoms with E-state index in [1.807, 2.05) is 6.92 Å². The number of carbonyl (C=O) groups excluding carboxylic acids is 1. The number of benzene rings is 1. The van der Waals surface area contributed by atoms with Gasteiger partial charge in [0.1, 0.15) is 0 Å². The number of rotatable bonds is 2.